The first kappa shape index (κ1) is 13.6. The highest BCUT2D eigenvalue weighted by Crippen LogP contribution is 2.22. The number of rotatable bonds is 5. The van der Waals surface area contributed by atoms with Crippen molar-refractivity contribution < 1.29 is 4.79 Å². The lowest BCUT2D eigenvalue weighted by Gasteiger charge is -2.14. The second-order valence-electron chi connectivity index (χ2n) is 4.69. The van der Waals surface area contributed by atoms with E-state index < -0.39 is 0 Å². The maximum absolute atomic E-state index is 12.1. The molecule has 0 radical (unpaired) electrons. The van der Waals surface area contributed by atoms with Crippen molar-refractivity contribution in [3.63, 3.8) is 0 Å². The number of amides is 1. The van der Waals surface area contributed by atoms with Gasteiger partial charge in [-0.3, -0.25) is 4.79 Å². The summed E-state index contributed by atoms with van der Waals surface area (Å²) in [6.07, 6.45) is 1.02. The van der Waals surface area contributed by atoms with E-state index >= 15 is 0 Å². The largest absolute Gasteiger partial charge is 0.324 e. The predicted molar refractivity (Wildman–Crippen MR) is 80.3 cm³/mol. The van der Waals surface area contributed by atoms with E-state index in [1.54, 1.807) is 0 Å². The lowest BCUT2D eigenvalue weighted by molar-refractivity contribution is -0.117. The summed E-state index contributed by atoms with van der Waals surface area (Å²) in [5.41, 5.74) is 0.869. The molecule has 0 aliphatic heterocycles. The third kappa shape index (κ3) is 3.32. The molecule has 0 bridgehead atoms. The first-order chi connectivity index (χ1) is 9.22. The molecule has 19 heavy (non-hydrogen) atoms. The fraction of sp³-hybridized carbons (Fsp3) is 0.312. The van der Waals surface area contributed by atoms with Crippen LogP contribution in [0.1, 0.15) is 20.3 Å². The van der Waals surface area contributed by atoms with E-state index in [1.165, 1.54) is 0 Å². The number of carbonyl (C=O) groups is 1. The van der Waals surface area contributed by atoms with Crippen LogP contribution >= 0.6 is 0 Å². The van der Waals surface area contributed by atoms with Crippen molar-refractivity contribution in [2.45, 2.75) is 26.3 Å². The van der Waals surface area contributed by atoms with Crippen molar-refractivity contribution in [1.29, 1.82) is 0 Å². The number of hydrogen-bond acceptors (Lipinski definition) is 2. The molecule has 1 atom stereocenters. The minimum Gasteiger partial charge on any atom is -0.324 e. The maximum atomic E-state index is 12.1. The van der Waals surface area contributed by atoms with E-state index in [-0.39, 0.29) is 11.9 Å². The van der Waals surface area contributed by atoms with Gasteiger partial charge in [-0.15, -0.1) is 0 Å². The van der Waals surface area contributed by atoms with Crippen LogP contribution in [0.4, 0.5) is 5.69 Å². The van der Waals surface area contributed by atoms with Crippen LogP contribution in [0.15, 0.2) is 42.5 Å². The molecule has 2 aromatic carbocycles. The Kier molecular flexibility index (Phi) is 4.53. The molecule has 0 heterocycles. The molecular formula is C16H20N2O. The zero-order valence-electron chi connectivity index (χ0n) is 11.4. The lowest BCUT2D eigenvalue weighted by atomic mass is 10.1. The van der Waals surface area contributed by atoms with Crippen molar-refractivity contribution in [3.8, 4) is 0 Å². The molecule has 2 rings (SSSR count). The summed E-state index contributed by atoms with van der Waals surface area (Å²) in [4.78, 5) is 12.1. The molecule has 0 saturated carbocycles. The number of carbonyl (C=O) groups excluding carboxylic acids is 1. The van der Waals surface area contributed by atoms with Crippen molar-refractivity contribution in [2.75, 3.05) is 11.9 Å². The van der Waals surface area contributed by atoms with Gasteiger partial charge < -0.3 is 10.6 Å². The summed E-state index contributed by atoms with van der Waals surface area (Å²) in [6.45, 7) is 4.82. The average Bonchev–Trinajstić information content (AvgIpc) is 2.45. The molecule has 1 amide bonds. The Morgan fingerprint density at radius 3 is 2.68 bits per heavy atom. The van der Waals surface area contributed by atoms with Gasteiger partial charge in [0, 0.05) is 11.1 Å². The molecular weight excluding hydrogens is 236 g/mol. The molecule has 0 aliphatic rings. The smallest absolute Gasteiger partial charge is 0.241 e. The normalized spacial score (nSPS) is 12.3. The molecule has 0 spiro atoms. The molecule has 3 nitrogen and oxygen atoms in total. The van der Waals surface area contributed by atoms with E-state index in [4.69, 9.17) is 0 Å². The topological polar surface area (TPSA) is 41.1 Å². The first-order valence-electron chi connectivity index (χ1n) is 6.74. The number of anilines is 1. The predicted octanol–water partition coefficient (Wildman–Crippen LogP) is 3.17. The summed E-state index contributed by atoms with van der Waals surface area (Å²) >= 11 is 0. The van der Waals surface area contributed by atoms with E-state index in [0.29, 0.717) is 0 Å². The van der Waals surface area contributed by atoms with Crippen LogP contribution in [0, 0.1) is 0 Å². The summed E-state index contributed by atoms with van der Waals surface area (Å²) in [6, 6.07) is 13.8. The van der Waals surface area contributed by atoms with E-state index in [2.05, 4.69) is 17.6 Å². The van der Waals surface area contributed by atoms with Gasteiger partial charge in [0.05, 0.1) is 6.04 Å². The molecule has 100 valence electrons. The SMILES string of the molecule is CCCNC(C)C(=O)Nc1cccc2ccccc12. The van der Waals surface area contributed by atoms with Gasteiger partial charge in [0.15, 0.2) is 0 Å². The zero-order chi connectivity index (χ0) is 13.7. The Morgan fingerprint density at radius 1 is 1.16 bits per heavy atom. The second kappa shape index (κ2) is 6.34. The fourth-order valence-electron chi connectivity index (χ4n) is 2.03. The van der Waals surface area contributed by atoms with Gasteiger partial charge in [-0.05, 0) is 31.3 Å². The number of benzene rings is 2. The number of nitrogens with one attached hydrogen (secondary N) is 2. The molecule has 2 aromatic rings. The lowest BCUT2D eigenvalue weighted by Crippen LogP contribution is -2.38. The molecule has 0 aliphatic carbocycles. The van der Waals surface area contributed by atoms with E-state index in [0.717, 1.165) is 29.4 Å². The van der Waals surface area contributed by atoms with Gasteiger partial charge in [0.25, 0.3) is 0 Å². The minimum absolute atomic E-state index is 0.00445. The van der Waals surface area contributed by atoms with Crippen molar-refractivity contribution in [2.24, 2.45) is 0 Å². The van der Waals surface area contributed by atoms with Crippen LogP contribution in [0.5, 0.6) is 0 Å². The van der Waals surface area contributed by atoms with Crippen molar-refractivity contribution in [1.82, 2.24) is 5.32 Å². The third-order valence-corrected chi connectivity index (χ3v) is 3.14. The Hall–Kier alpha value is -1.87. The summed E-state index contributed by atoms with van der Waals surface area (Å²) in [7, 11) is 0. The van der Waals surface area contributed by atoms with Gasteiger partial charge in [-0.1, -0.05) is 43.3 Å². The van der Waals surface area contributed by atoms with Gasteiger partial charge in [0.1, 0.15) is 0 Å². The quantitative estimate of drug-likeness (QED) is 0.862. The third-order valence-electron chi connectivity index (χ3n) is 3.14. The fourth-order valence-corrected chi connectivity index (χ4v) is 2.03. The first-order valence-corrected chi connectivity index (χ1v) is 6.74. The molecule has 0 aromatic heterocycles. The van der Waals surface area contributed by atoms with Gasteiger partial charge >= 0.3 is 0 Å². The maximum Gasteiger partial charge on any atom is 0.241 e. The van der Waals surface area contributed by atoms with E-state index in [1.807, 2.05) is 49.4 Å². The highest BCUT2D eigenvalue weighted by atomic mass is 16.2. The highest BCUT2D eigenvalue weighted by molar-refractivity contribution is 6.03. The van der Waals surface area contributed by atoms with Crippen LogP contribution < -0.4 is 10.6 Å². The Labute approximate surface area is 114 Å². The van der Waals surface area contributed by atoms with Crippen LogP contribution in [0.25, 0.3) is 10.8 Å². The minimum atomic E-state index is -0.182. The molecule has 2 N–H and O–H groups in total. The summed E-state index contributed by atoms with van der Waals surface area (Å²) in [5.74, 6) is 0.00445. The molecule has 1 unspecified atom stereocenters. The van der Waals surface area contributed by atoms with Crippen LogP contribution in [0.2, 0.25) is 0 Å². The van der Waals surface area contributed by atoms with Gasteiger partial charge in [-0.2, -0.15) is 0 Å². The molecule has 0 fully saturated rings. The summed E-state index contributed by atoms with van der Waals surface area (Å²) in [5, 5.41) is 8.38. The van der Waals surface area contributed by atoms with Crippen LogP contribution in [-0.4, -0.2) is 18.5 Å². The molecule has 0 saturated heterocycles. The van der Waals surface area contributed by atoms with Crippen LogP contribution in [-0.2, 0) is 4.79 Å². The van der Waals surface area contributed by atoms with Gasteiger partial charge in [0.2, 0.25) is 5.91 Å². The van der Waals surface area contributed by atoms with Crippen molar-refractivity contribution >= 4 is 22.4 Å². The van der Waals surface area contributed by atoms with Crippen LogP contribution in [0.3, 0.4) is 0 Å². The average molecular weight is 256 g/mol. The summed E-state index contributed by atoms with van der Waals surface area (Å²) < 4.78 is 0. The number of hydrogen-bond donors (Lipinski definition) is 2. The van der Waals surface area contributed by atoms with E-state index in [9.17, 15) is 4.79 Å². The zero-order valence-corrected chi connectivity index (χ0v) is 11.4. The highest BCUT2D eigenvalue weighted by Gasteiger charge is 2.12. The Morgan fingerprint density at radius 2 is 1.89 bits per heavy atom. The van der Waals surface area contributed by atoms with Crippen molar-refractivity contribution in [3.05, 3.63) is 42.5 Å². The van der Waals surface area contributed by atoms with Gasteiger partial charge in [-0.25, -0.2) is 0 Å². The second-order valence-corrected chi connectivity index (χ2v) is 4.69. The molecule has 3 heteroatoms. The Balaban J connectivity index is 2.15. The Bertz CT molecular complexity index is 560. The standard InChI is InChI=1S/C16H20N2O/c1-3-11-17-12(2)16(19)18-15-10-6-8-13-7-4-5-9-14(13)15/h4-10,12,17H,3,11H2,1-2H3,(H,18,19). The monoisotopic (exact) mass is 256 g/mol. The number of fused-ring (bicyclic) bond motifs is 1.